The number of alkyl halides is 3. The third-order valence-electron chi connectivity index (χ3n) is 4.74. The van der Waals surface area contributed by atoms with Crippen molar-refractivity contribution in [1.82, 2.24) is 9.97 Å². The summed E-state index contributed by atoms with van der Waals surface area (Å²) in [6.07, 6.45) is -1.21. The van der Waals surface area contributed by atoms with Crippen molar-refractivity contribution in [3.05, 3.63) is 53.0 Å². The SMILES string of the molecule is Cc1c(NCC2CCCC(c3ccc(C(F)(F)F)cc3)O2)ncnc1C(=O)O. The molecule has 0 bridgehead atoms. The first kappa shape index (κ1) is 20.1. The Morgan fingerprint density at radius 1 is 1.25 bits per heavy atom. The van der Waals surface area contributed by atoms with Crippen LogP contribution in [0.3, 0.4) is 0 Å². The van der Waals surface area contributed by atoms with Gasteiger partial charge in [-0.25, -0.2) is 14.8 Å². The third kappa shape index (κ3) is 4.59. The van der Waals surface area contributed by atoms with Crippen LogP contribution in [0.1, 0.15) is 52.5 Å². The summed E-state index contributed by atoms with van der Waals surface area (Å²) in [5, 5.41) is 12.2. The van der Waals surface area contributed by atoms with Crippen molar-refractivity contribution in [1.29, 1.82) is 0 Å². The number of aromatic carboxylic acids is 1. The van der Waals surface area contributed by atoms with Crippen molar-refractivity contribution in [3.63, 3.8) is 0 Å². The quantitative estimate of drug-likeness (QED) is 0.789. The number of benzene rings is 1. The summed E-state index contributed by atoms with van der Waals surface area (Å²) in [7, 11) is 0. The fourth-order valence-electron chi connectivity index (χ4n) is 3.24. The lowest BCUT2D eigenvalue weighted by molar-refractivity contribution is -0.137. The van der Waals surface area contributed by atoms with Gasteiger partial charge in [-0.2, -0.15) is 13.2 Å². The largest absolute Gasteiger partial charge is 0.476 e. The van der Waals surface area contributed by atoms with Gasteiger partial charge in [-0.3, -0.25) is 0 Å². The van der Waals surface area contributed by atoms with Crippen LogP contribution < -0.4 is 5.32 Å². The third-order valence-corrected chi connectivity index (χ3v) is 4.74. The fourth-order valence-corrected chi connectivity index (χ4v) is 3.24. The van der Waals surface area contributed by atoms with Crippen LogP contribution in [0.5, 0.6) is 0 Å². The Kier molecular flexibility index (Phi) is 5.83. The topological polar surface area (TPSA) is 84.3 Å². The van der Waals surface area contributed by atoms with E-state index < -0.39 is 17.7 Å². The monoisotopic (exact) mass is 395 g/mol. The zero-order chi connectivity index (χ0) is 20.3. The normalized spacial score (nSPS) is 20.0. The number of carboxylic acid groups (broad SMARTS) is 1. The number of rotatable bonds is 5. The van der Waals surface area contributed by atoms with Crippen LogP contribution in [-0.2, 0) is 10.9 Å². The molecule has 1 aromatic heterocycles. The molecule has 9 heteroatoms. The highest BCUT2D eigenvalue weighted by atomic mass is 19.4. The fraction of sp³-hybridized carbons (Fsp3) is 0.421. The molecule has 150 valence electrons. The standard InChI is InChI=1S/C19H20F3N3O3/c1-11-16(18(26)27)24-10-25-17(11)23-9-14-3-2-4-15(28-14)12-5-7-13(8-6-12)19(20,21)22/h5-8,10,14-15H,2-4,9H2,1H3,(H,26,27)(H,23,24,25). The molecule has 2 aromatic rings. The molecular formula is C19H20F3N3O3. The Morgan fingerprint density at radius 2 is 1.96 bits per heavy atom. The lowest BCUT2D eigenvalue weighted by Crippen LogP contribution is -2.29. The van der Waals surface area contributed by atoms with Crippen LogP contribution >= 0.6 is 0 Å². The van der Waals surface area contributed by atoms with E-state index in [1.165, 1.54) is 18.5 Å². The summed E-state index contributed by atoms with van der Waals surface area (Å²) in [6, 6.07) is 5.05. The van der Waals surface area contributed by atoms with Crippen LogP contribution in [-0.4, -0.2) is 33.7 Å². The molecule has 0 spiro atoms. The number of anilines is 1. The van der Waals surface area contributed by atoms with E-state index in [1.54, 1.807) is 6.92 Å². The zero-order valence-corrected chi connectivity index (χ0v) is 15.2. The molecular weight excluding hydrogens is 375 g/mol. The molecule has 2 atom stereocenters. The minimum absolute atomic E-state index is 0.0651. The van der Waals surface area contributed by atoms with Crippen molar-refractivity contribution in [2.75, 3.05) is 11.9 Å². The molecule has 2 N–H and O–H groups in total. The van der Waals surface area contributed by atoms with Gasteiger partial charge in [0.15, 0.2) is 5.69 Å². The van der Waals surface area contributed by atoms with Gasteiger partial charge in [0.2, 0.25) is 0 Å². The van der Waals surface area contributed by atoms with Crippen molar-refractivity contribution in [3.8, 4) is 0 Å². The van der Waals surface area contributed by atoms with Crippen molar-refractivity contribution >= 4 is 11.8 Å². The maximum absolute atomic E-state index is 12.7. The summed E-state index contributed by atoms with van der Waals surface area (Å²) >= 11 is 0. The van der Waals surface area contributed by atoms with Crippen LogP contribution in [0.4, 0.5) is 19.0 Å². The molecule has 3 rings (SSSR count). The van der Waals surface area contributed by atoms with Gasteiger partial charge in [0.25, 0.3) is 0 Å². The average Bonchev–Trinajstić information content (AvgIpc) is 2.66. The Morgan fingerprint density at radius 3 is 2.61 bits per heavy atom. The Hall–Kier alpha value is -2.68. The number of halogens is 3. The zero-order valence-electron chi connectivity index (χ0n) is 15.2. The Labute approximate surface area is 159 Å². The predicted molar refractivity (Wildman–Crippen MR) is 95.1 cm³/mol. The number of nitrogens with zero attached hydrogens (tertiary/aromatic N) is 2. The summed E-state index contributed by atoms with van der Waals surface area (Å²) < 4.78 is 44.2. The average molecular weight is 395 g/mol. The second-order valence-electron chi connectivity index (χ2n) is 6.68. The van der Waals surface area contributed by atoms with Gasteiger partial charge in [0, 0.05) is 12.1 Å². The van der Waals surface area contributed by atoms with E-state index in [9.17, 15) is 18.0 Å². The highest BCUT2D eigenvalue weighted by molar-refractivity contribution is 5.88. The molecule has 0 saturated carbocycles. The number of nitrogens with one attached hydrogen (secondary N) is 1. The van der Waals surface area contributed by atoms with Crippen molar-refractivity contribution < 1.29 is 27.8 Å². The molecule has 2 heterocycles. The molecule has 0 radical (unpaired) electrons. The van der Waals surface area contributed by atoms with Gasteiger partial charge >= 0.3 is 12.1 Å². The van der Waals surface area contributed by atoms with Gasteiger partial charge in [-0.1, -0.05) is 12.1 Å². The smallest absolute Gasteiger partial charge is 0.416 e. The summed E-state index contributed by atoms with van der Waals surface area (Å²) in [6.45, 7) is 2.03. The van der Waals surface area contributed by atoms with E-state index >= 15 is 0 Å². The Bertz CT molecular complexity index is 841. The maximum Gasteiger partial charge on any atom is 0.416 e. The van der Waals surface area contributed by atoms with Crippen molar-refractivity contribution in [2.24, 2.45) is 0 Å². The molecule has 0 amide bonds. The van der Waals surface area contributed by atoms with E-state index in [0.29, 0.717) is 23.5 Å². The van der Waals surface area contributed by atoms with E-state index in [4.69, 9.17) is 9.84 Å². The number of aromatic nitrogens is 2. The second-order valence-corrected chi connectivity index (χ2v) is 6.68. The minimum Gasteiger partial charge on any atom is -0.476 e. The first-order valence-corrected chi connectivity index (χ1v) is 8.87. The number of ether oxygens (including phenoxy) is 1. The van der Waals surface area contributed by atoms with E-state index in [2.05, 4.69) is 15.3 Å². The van der Waals surface area contributed by atoms with Gasteiger partial charge in [0.1, 0.15) is 12.1 Å². The molecule has 28 heavy (non-hydrogen) atoms. The van der Waals surface area contributed by atoms with E-state index in [0.717, 1.165) is 31.4 Å². The lowest BCUT2D eigenvalue weighted by Gasteiger charge is -2.31. The molecule has 6 nitrogen and oxygen atoms in total. The first-order valence-electron chi connectivity index (χ1n) is 8.87. The maximum atomic E-state index is 12.7. The molecule has 1 aromatic carbocycles. The van der Waals surface area contributed by atoms with Crippen LogP contribution in [0.25, 0.3) is 0 Å². The summed E-state index contributed by atoms with van der Waals surface area (Å²) in [5.74, 6) is -0.702. The summed E-state index contributed by atoms with van der Waals surface area (Å²) in [5.41, 5.74) is 0.401. The van der Waals surface area contributed by atoms with Crippen LogP contribution in [0, 0.1) is 6.92 Å². The first-order chi connectivity index (χ1) is 13.3. The molecule has 0 aliphatic carbocycles. The highest BCUT2D eigenvalue weighted by Crippen LogP contribution is 2.34. The highest BCUT2D eigenvalue weighted by Gasteiger charge is 2.31. The van der Waals surface area contributed by atoms with Crippen LogP contribution in [0.15, 0.2) is 30.6 Å². The minimum atomic E-state index is -4.36. The molecule has 2 unspecified atom stereocenters. The number of carbonyl (C=O) groups is 1. The van der Waals surface area contributed by atoms with Gasteiger partial charge in [0.05, 0.1) is 17.8 Å². The number of hydrogen-bond acceptors (Lipinski definition) is 5. The van der Waals surface area contributed by atoms with E-state index in [-0.39, 0.29) is 17.9 Å². The van der Waals surface area contributed by atoms with E-state index in [1.807, 2.05) is 0 Å². The second kappa shape index (κ2) is 8.14. The lowest BCUT2D eigenvalue weighted by atomic mass is 9.97. The molecule has 1 fully saturated rings. The predicted octanol–water partition coefficient (Wildman–Crippen LogP) is 4.22. The van der Waals surface area contributed by atoms with Gasteiger partial charge in [-0.05, 0) is 43.9 Å². The van der Waals surface area contributed by atoms with Crippen molar-refractivity contribution in [2.45, 2.75) is 44.6 Å². The number of carboxylic acids is 1. The molecule has 1 saturated heterocycles. The Balaban J connectivity index is 1.63. The number of hydrogen-bond donors (Lipinski definition) is 2. The molecule has 1 aliphatic heterocycles. The van der Waals surface area contributed by atoms with Crippen LogP contribution in [0.2, 0.25) is 0 Å². The van der Waals surface area contributed by atoms with Gasteiger partial charge < -0.3 is 15.2 Å². The van der Waals surface area contributed by atoms with Gasteiger partial charge in [-0.15, -0.1) is 0 Å². The molecule has 1 aliphatic rings. The summed E-state index contributed by atoms with van der Waals surface area (Å²) in [4.78, 5) is 19.0.